The van der Waals surface area contributed by atoms with E-state index in [1.54, 1.807) is 13.2 Å². The number of phenols is 1. The molecule has 1 atom stereocenters. The molecule has 0 amide bonds. The highest BCUT2D eigenvalue weighted by Gasteiger charge is 2.38. The smallest absolute Gasteiger partial charge is 0.160 e. The molecule has 1 heterocycles. The first-order valence-corrected chi connectivity index (χ1v) is 8.83. The summed E-state index contributed by atoms with van der Waals surface area (Å²) >= 11 is 0. The Morgan fingerprint density at radius 1 is 1.38 bits per heavy atom. The number of ether oxygens (including phenoxy) is 1. The standard InChI is InChI=1S/C16H25NO3S/c1-4-16(5-2)12-17(8-9-21(16)19)11-13-6-7-14(18)15(10-13)20-3/h6-7,10,18H,4-5,8-9,11-12H2,1-3H3/t21-/m0/s1. The van der Waals surface area contributed by atoms with Crippen LogP contribution in [0.15, 0.2) is 18.2 Å². The summed E-state index contributed by atoms with van der Waals surface area (Å²) in [6, 6.07) is 5.46. The molecule has 1 aliphatic heterocycles. The Labute approximate surface area is 129 Å². The molecule has 1 fully saturated rings. The molecule has 0 bridgehead atoms. The summed E-state index contributed by atoms with van der Waals surface area (Å²) in [4.78, 5) is 2.36. The summed E-state index contributed by atoms with van der Waals surface area (Å²) in [6.07, 6.45) is 1.90. The Morgan fingerprint density at radius 2 is 2.10 bits per heavy atom. The quantitative estimate of drug-likeness (QED) is 0.908. The Kier molecular flexibility index (Phi) is 5.27. The second-order valence-electron chi connectivity index (χ2n) is 5.66. The van der Waals surface area contributed by atoms with E-state index in [0.29, 0.717) is 5.75 Å². The summed E-state index contributed by atoms with van der Waals surface area (Å²) < 4.78 is 17.4. The van der Waals surface area contributed by atoms with Crippen LogP contribution in [0, 0.1) is 0 Å². The molecule has 0 saturated carbocycles. The lowest BCUT2D eigenvalue weighted by Gasteiger charge is -2.41. The van der Waals surface area contributed by atoms with Crippen LogP contribution in [-0.4, -0.2) is 44.9 Å². The number of methoxy groups -OCH3 is 1. The molecule has 4 nitrogen and oxygen atoms in total. The molecule has 0 spiro atoms. The minimum atomic E-state index is -0.731. The molecule has 2 rings (SSSR count). The Hall–Kier alpha value is -1.07. The SMILES string of the molecule is CCC1(CC)CN(Cc2ccc(O)c(OC)c2)CC[S@@]1=O. The van der Waals surface area contributed by atoms with E-state index >= 15 is 0 Å². The highest BCUT2D eigenvalue weighted by atomic mass is 32.2. The maximum absolute atomic E-state index is 12.4. The first-order valence-electron chi connectivity index (χ1n) is 7.51. The van der Waals surface area contributed by atoms with Gasteiger partial charge in [0.1, 0.15) is 0 Å². The van der Waals surface area contributed by atoms with Crippen LogP contribution in [0.2, 0.25) is 0 Å². The highest BCUT2D eigenvalue weighted by Crippen LogP contribution is 2.31. The summed E-state index contributed by atoms with van der Waals surface area (Å²) in [7, 11) is 0.826. The van der Waals surface area contributed by atoms with Gasteiger partial charge in [-0.05, 0) is 30.5 Å². The van der Waals surface area contributed by atoms with Crippen LogP contribution in [0.4, 0.5) is 0 Å². The molecule has 1 aliphatic rings. The molecule has 21 heavy (non-hydrogen) atoms. The van der Waals surface area contributed by atoms with Gasteiger partial charge in [-0.15, -0.1) is 0 Å². The predicted molar refractivity (Wildman–Crippen MR) is 86.3 cm³/mol. The number of phenolic OH excluding ortho intramolecular Hbond substituents is 1. The third kappa shape index (κ3) is 3.40. The summed E-state index contributed by atoms with van der Waals surface area (Å²) in [5, 5.41) is 9.66. The molecular formula is C16H25NO3S. The van der Waals surface area contributed by atoms with Crippen molar-refractivity contribution in [2.24, 2.45) is 0 Å². The molecule has 5 heteroatoms. The molecule has 1 saturated heterocycles. The van der Waals surface area contributed by atoms with Gasteiger partial charge in [0.2, 0.25) is 0 Å². The van der Waals surface area contributed by atoms with E-state index in [-0.39, 0.29) is 10.5 Å². The molecule has 1 aromatic rings. The minimum Gasteiger partial charge on any atom is -0.504 e. The number of hydrogen-bond acceptors (Lipinski definition) is 4. The normalized spacial score (nSPS) is 22.1. The zero-order valence-corrected chi connectivity index (χ0v) is 13.9. The maximum Gasteiger partial charge on any atom is 0.160 e. The van der Waals surface area contributed by atoms with Crippen molar-refractivity contribution in [3.05, 3.63) is 23.8 Å². The van der Waals surface area contributed by atoms with Gasteiger partial charge in [0, 0.05) is 36.2 Å². The lowest BCUT2D eigenvalue weighted by Crippen LogP contribution is -2.52. The number of aromatic hydroxyl groups is 1. The number of hydrogen-bond donors (Lipinski definition) is 1. The van der Waals surface area contributed by atoms with Crippen LogP contribution < -0.4 is 4.74 Å². The molecule has 1 N–H and O–H groups in total. The van der Waals surface area contributed by atoms with Crippen molar-refractivity contribution in [2.45, 2.75) is 38.0 Å². The van der Waals surface area contributed by atoms with Crippen molar-refractivity contribution >= 4 is 10.8 Å². The molecular weight excluding hydrogens is 286 g/mol. The fourth-order valence-corrected chi connectivity index (χ4v) is 4.82. The zero-order chi connectivity index (χ0) is 15.5. The van der Waals surface area contributed by atoms with Crippen molar-refractivity contribution in [3.8, 4) is 11.5 Å². The summed E-state index contributed by atoms with van der Waals surface area (Å²) in [5.74, 6) is 1.42. The van der Waals surface area contributed by atoms with Crippen LogP contribution >= 0.6 is 0 Å². The second-order valence-corrected chi connectivity index (χ2v) is 7.62. The molecule has 0 aromatic heterocycles. The van der Waals surface area contributed by atoms with E-state index in [4.69, 9.17) is 4.74 Å². The third-order valence-corrected chi connectivity index (χ3v) is 6.75. The fraction of sp³-hybridized carbons (Fsp3) is 0.625. The van der Waals surface area contributed by atoms with E-state index in [0.717, 1.165) is 43.8 Å². The topological polar surface area (TPSA) is 49.8 Å². The van der Waals surface area contributed by atoms with Gasteiger partial charge in [-0.2, -0.15) is 0 Å². The Balaban J connectivity index is 2.11. The largest absolute Gasteiger partial charge is 0.504 e. The lowest BCUT2D eigenvalue weighted by atomic mass is 10.0. The van der Waals surface area contributed by atoms with Crippen LogP contribution in [-0.2, 0) is 17.3 Å². The summed E-state index contributed by atoms with van der Waals surface area (Å²) in [6.45, 7) is 6.80. The highest BCUT2D eigenvalue weighted by molar-refractivity contribution is 7.86. The van der Waals surface area contributed by atoms with Crippen molar-refractivity contribution in [2.75, 3.05) is 26.0 Å². The van der Waals surface area contributed by atoms with Crippen LogP contribution in [0.1, 0.15) is 32.3 Å². The van der Waals surface area contributed by atoms with E-state index < -0.39 is 10.8 Å². The number of rotatable bonds is 5. The third-order valence-electron chi connectivity index (χ3n) is 4.53. The van der Waals surface area contributed by atoms with Gasteiger partial charge < -0.3 is 9.84 Å². The van der Waals surface area contributed by atoms with Crippen molar-refractivity contribution in [1.82, 2.24) is 4.90 Å². The van der Waals surface area contributed by atoms with Gasteiger partial charge in [0.25, 0.3) is 0 Å². The zero-order valence-electron chi connectivity index (χ0n) is 13.1. The number of benzene rings is 1. The Morgan fingerprint density at radius 3 is 2.71 bits per heavy atom. The van der Waals surface area contributed by atoms with Gasteiger partial charge >= 0.3 is 0 Å². The van der Waals surface area contributed by atoms with Crippen molar-refractivity contribution < 1.29 is 14.1 Å². The fourth-order valence-electron chi connectivity index (χ4n) is 3.00. The average Bonchev–Trinajstić information content (AvgIpc) is 2.51. The molecule has 0 aliphatic carbocycles. The van der Waals surface area contributed by atoms with E-state index in [2.05, 4.69) is 18.7 Å². The van der Waals surface area contributed by atoms with Gasteiger partial charge in [0.15, 0.2) is 11.5 Å². The second kappa shape index (κ2) is 6.79. The molecule has 118 valence electrons. The minimum absolute atomic E-state index is 0.0702. The van der Waals surface area contributed by atoms with Gasteiger partial charge in [-0.3, -0.25) is 9.11 Å². The van der Waals surface area contributed by atoms with Gasteiger partial charge in [-0.25, -0.2) is 0 Å². The first kappa shape index (κ1) is 16.3. The van der Waals surface area contributed by atoms with Crippen molar-refractivity contribution in [3.63, 3.8) is 0 Å². The molecule has 0 unspecified atom stereocenters. The number of nitrogens with zero attached hydrogens (tertiary/aromatic N) is 1. The van der Waals surface area contributed by atoms with Gasteiger partial charge in [0.05, 0.1) is 11.9 Å². The van der Waals surface area contributed by atoms with Crippen LogP contribution in [0.3, 0.4) is 0 Å². The monoisotopic (exact) mass is 311 g/mol. The van der Waals surface area contributed by atoms with Gasteiger partial charge in [-0.1, -0.05) is 19.9 Å². The predicted octanol–water partition coefficient (Wildman–Crippen LogP) is 2.52. The molecule has 1 aromatic carbocycles. The summed E-state index contributed by atoms with van der Waals surface area (Å²) in [5.41, 5.74) is 1.11. The first-order chi connectivity index (χ1) is 10.0. The van der Waals surface area contributed by atoms with E-state index in [1.165, 1.54) is 0 Å². The van der Waals surface area contributed by atoms with Crippen LogP contribution in [0.5, 0.6) is 11.5 Å². The van der Waals surface area contributed by atoms with Crippen molar-refractivity contribution in [1.29, 1.82) is 0 Å². The lowest BCUT2D eigenvalue weighted by molar-refractivity contribution is 0.227. The average molecular weight is 311 g/mol. The maximum atomic E-state index is 12.4. The van der Waals surface area contributed by atoms with E-state index in [1.807, 2.05) is 12.1 Å². The van der Waals surface area contributed by atoms with Crippen LogP contribution in [0.25, 0.3) is 0 Å². The molecule has 0 radical (unpaired) electrons. The van der Waals surface area contributed by atoms with E-state index in [9.17, 15) is 9.32 Å². The Bertz CT molecular complexity index is 514.